The quantitative estimate of drug-likeness (QED) is 0.725. The molecule has 17 heavy (non-hydrogen) atoms. The third kappa shape index (κ3) is 1.71. The Morgan fingerprint density at radius 1 is 1.06 bits per heavy atom. The van der Waals surface area contributed by atoms with E-state index in [1.807, 2.05) is 41.9 Å². The molecule has 0 amide bonds. The van der Waals surface area contributed by atoms with Gasteiger partial charge in [-0.1, -0.05) is 18.2 Å². The van der Waals surface area contributed by atoms with Crippen molar-refractivity contribution in [3.8, 4) is 0 Å². The van der Waals surface area contributed by atoms with Gasteiger partial charge in [-0.3, -0.25) is 0 Å². The van der Waals surface area contributed by atoms with E-state index in [0.717, 1.165) is 17.0 Å². The SMILES string of the molecule is Cn1cnc2ncnc(Nc3ccccc3)c21. The second-order valence-corrected chi connectivity index (χ2v) is 3.74. The zero-order valence-electron chi connectivity index (χ0n) is 9.33. The summed E-state index contributed by atoms with van der Waals surface area (Å²) in [5, 5.41) is 3.26. The number of imidazole rings is 1. The van der Waals surface area contributed by atoms with Gasteiger partial charge in [0, 0.05) is 12.7 Å². The third-order valence-corrected chi connectivity index (χ3v) is 2.55. The van der Waals surface area contributed by atoms with Crippen molar-refractivity contribution < 1.29 is 0 Å². The van der Waals surface area contributed by atoms with Crippen molar-refractivity contribution in [3.05, 3.63) is 43.0 Å². The van der Waals surface area contributed by atoms with Crippen molar-refractivity contribution in [2.75, 3.05) is 5.32 Å². The van der Waals surface area contributed by atoms with Gasteiger partial charge in [0.15, 0.2) is 11.5 Å². The van der Waals surface area contributed by atoms with Crippen molar-refractivity contribution in [3.63, 3.8) is 0 Å². The lowest BCUT2D eigenvalue weighted by atomic mass is 10.3. The van der Waals surface area contributed by atoms with Gasteiger partial charge in [-0.2, -0.15) is 0 Å². The highest BCUT2D eigenvalue weighted by Crippen LogP contribution is 2.21. The number of aryl methyl sites for hydroxylation is 1. The lowest BCUT2D eigenvalue weighted by Crippen LogP contribution is -1.98. The molecule has 2 heterocycles. The number of aromatic nitrogens is 4. The predicted octanol–water partition coefficient (Wildman–Crippen LogP) is 2.11. The molecular formula is C12H11N5. The molecule has 3 rings (SSSR count). The van der Waals surface area contributed by atoms with Crippen LogP contribution in [0.3, 0.4) is 0 Å². The van der Waals surface area contributed by atoms with E-state index in [4.69, 9.17) is 0 Å². The minimum absolute atomic E-state index is 0.695. The molecule has 5 heteroatoms. The molecule has 0 radical (unpaired) electrons. The van der Waals surface area contributed by atoms with Crippen LogP contribution in [0, 0.1) is 0 Å². The van der Waals surface area contributed by atoms with Crippen LogP contribution in [0.2, 0.25) is 0 Å². The Kier molecular flexibility index (Phi) is 2.22. The highest BCUT2D eigenvalue weighted by molar-refractivity contribution is 5.85. The maximum Gasteiger partial charge on any atom is 0.182 e. The van der Waals surface area contributed by atoms with E-state index in [1.165, 1.54) is 6.33 Å². The summed E-state index contributed by atoms with van der Waals surface area (Å²) in [5.74, 6) is 0.765. The van der Waals surface area contributed by atoms with Gasteiger partial charge in [0.25, 0.3) is 0 Å². The molecule has 0 saturated heterocycles. The summed E-state index contributed by atoms with van der Waals surface area (Å²) in [4.78, 5) is 12.6. The zero-order valence-corrected chi connectivity index (χ0v) is 9.33. The fraction of sp³-hybridized carbons (Fsp3) is 0.0833. The Morgan fingerprint density at radius 2 is 1.88 bits per heavy atom. The highest BCUT2D eigenvalue weighted by atomic mass is 15.1. The first-order valence-corrected chi connectivity index (χ1v) is 5.29. The van der Waals surface area contributed by atoms with Crippen molar-refractivity contribution in [1.82, 2.24) is 19.5 Å². The number of fused-ring (bicyclic) bond motifs is 1. The first kappa shape index (κ1) is 9.77. The number of hydrogen-bond donors (Lipinski definition) is 1. The number of nitrogens with one attached hydrogen (secondary N) is 1. The molecule has 0 unspecified atom stereocenters. The van der Waals surface area contributed by atoms with Crippen LogP contribution in [0.15, 0.2) is 43.0 Å². The van der Waals surface area contributed by atoms with Gasteiger partial charge in [0.1, 0.15) is 11.8 Å². The molecule has 5 nitrogen and oxygen atoms in total. The molecular weight excluding hydrogens is 214 g/mol. The minimum Gasteiger partial charge on any atom is -0.338 e. The molecule has 0 bridgehead atoms. The topological polar surface area (TPSA) is 55.6 Å². The molecule has 0 fully saturated rings. The van der Waals surface area contributed by atoms with Crippen LogP contribution >= 0.6 is 0 Å². The monoisotopic (exact) mass is 225 g/mol. The Morgan fingerprint density at radius 3 is 2.71 bits per heavy atom. The Hall–Kier alpha value is -2.43. The maximum absolute atomic E-state index is 4.25. The third-order valence-electron chi connectivity index (χ3n) is 2.55. The summed E-state index contributed by atoms with van der Waals surface area (Å²) in [6, 6.07) is 9.91. The van der Waals surface area contributed by atoms with Gasteiger partial charge in [0.2, 0.25) is 0 Å². The maximum atomic E-state index is 4.25. The molecule has 0 atom stereocenters. The second kappa shape index (κ2) is 3.86. The van der Waals surface area contributed by atoms with E-state index in [9.17, 15) is 0 Å². The molecule has 3 aromatic rings. The van der Waals surface area contributed by atoms with E-state index in [2.05, 4.69) is 20.3 Å². The Bertz CT molecular complexity index is 644. The van der Waals surface area contributed by atoms with E-state index in [-0.39, 0.29) is 0 Å². The smallest absolute Gasteiger partial charge is 0.182 e. The lowest BCUT2D eigenvalue weighted by Gasteiger charge is -2.06. The lowest BCUT2D eigenvalue weighted by molar-refractivity contribution is 0.945. The molecule has 2 aromatic heterocycles. The summed E-state index contributed by atoms with van der Waals surface area (Å²) >= 11 is 0. The molecule has 0 aliphatic heterocycles. The van der Waals surface area contributed by atoms with Crippen LogP contribution < -0.4 is 5.32 Å². The minimum atomic E-state index is 0.695. The van der Waals surface area contributed by atoms with Crippen molar-refractivity contribution in [1.29, 1.82) is 0 Å². The highest BCUT2D eigenvalue weighted by Gasteiger charge is 2.08. The van der Waals surface area contributed by atoms with Crippen molar-refractivity contribution in [2.24, 2.45) is 7.05 Å². The molecule has 0 spiro atoms. The number of anilines is 2. The number of rotatable bonds is 2. The summed E-state index contributed by atoms with van der Waals surface area (Å²) in [7, 11) is 1.93. The van der Waals surface area contributed by atoms with Gasteiger partial charge in [0.05, 0.1) is 6.33 Å². The molecule has 0 saturated carbocycles. The van der Waals surface area contributed by atoms with Crippen LogP contribution in [0.25, 0.3) is 11.2 Å². The average molecular weight is 225 g/mol. The molecule has 0 aliphatic rings. The van der Waals surface area contributed by atoms with Crippen molar-refractivity contribution >= 4 is 22.7 Å². The van der Waals surface area contributed by atoms with Gasteiger partial charge < -0.3 is 9.88 Å². The number of para-hydroxylation sites is 1. The summed E-state index contributed by atoms with van der Waals surface area (Å²) < 4.78 is 1.90. The fourth-order valence-corrected chi connectivity index (χ4v) is 1.74. The van der Waals surface area contributed by atoms with E-state index in [0.29, 0.717) is 5.65 Å². The second-order valence-electron chi connectivity index (χ2n) is 3.74. The summed E-state index contributed by atoms with van der Waals surface area (Å²) in [6.45, 7) is 0. The summed E-state index contributed by atoms with van der Waals surface area (Å²) in [5.41, 5.74) is 2.59. The average Bonchev–Trinajstić information content (AvgIpc) is 2.74. The van der Waals surface area contributed by atoms with E-state index in [1.54, 1.807) is 6.33 Å². The largest absolute Gasteiger partial charge is 0.338 e. The number of nitrogens with zero attached hydrogens (tertiary/aromatic N) is 4. The fourth-order valence-electron chi connectivity index (χ4n) is 1.74. The predicted molar refractivity (Wildman–Crippen MR) is 66.0 cm³/mol. The van der Waals surface area contributed by atoms with Crippen LogP contribution in [0.4, 0.5) is 11.5 Å². The molecule has 84 valence electrons. The van der Waals surface area contributed by atoms with Crippen molar-refractivity contribution in [2.45, 2.75) is 0 Å². The van der Waals surface area contributed by atoms with E-state index < -0.39 is 0 Å². The van der Waals surface area contributed by atoms with Gasteiger partial charge in [-0.05, 0) is 12.1 Å². The first-order chi connectivity index (χ1) is 8.34. The van der Waals surface area contributed by atoms with Gasteiger partial charge in [-0.25, -0.2) is 15.0 Å². The summed E-state index contributed by atoms with van der Waals surface area (Å²) in [6.07, 6.45) is 3.25. The number of hydrogen-bond acceptors (Lipinski definition) is 4. The normalized spacial score (nSPS) is 10.6. The van der Waals surface area contributed by atoms with Gasteiger partial charge >= 0.3 is 0 Å². The molecule has 1 aromatic carbocycles. The van der Waals surface area contributed by atoms with Crippen LogP contribution in [0.5, 0.6) is 0 Å². The zero-order chi connectivity index (χ0) is 11.7. The molecule has 0 aliphatic carbocycles. The standard InChI is InChI=1S/C12H11N5/c1-17-8-15-11-10(17)12(14-7-13-11)16-9-5-3-2-4-6-9/h2-8H,1H3,(H,13,14,16). The first-order valence-electron chi connectivity index (χ1n) is 5.29. The number of benzene rings is 1. The van der Waals surface area contributed by atoms with Crippen LogP contribution in [0.1, 0.15) is 0 Å². The Labute approximate surface area is 98.2 Å². The van der Waals surface area contributed by atoms with Crippen LogP contribution in [-0.4, -0.2) is 19.5 Å². The Balaban J connectivity index is 2.09. The van der Waals surface area contributed by atoms with E-state index >= 15 is 0 Å². The van der Waals surface area contributed by atoms with Crippen LogP contribution in [-0.2, 0) is 7.05 Å². The molecule has 1 N–H and O–H groups in total. The van der Waals surface area contributed by atoms with Gasteiger partial charge in [-0.15, -0.1) is 0 Å².